The first-order valence-electron chi connectivity index (χ1n) is 5.94. The van der Waals surface area contributed by atoms with Gasteiger partial charge in [-0.15, -0.1) is 5.10 Å². The number of hydrogen-bond acceptors (Lipinski definition) is 4. The van der Waals surface area contributed by atoms with Crippen LogP contribution in [0.5, 0.6) is 0 Å². The standard InChI is InChI=1S/C14H9N5/c1-2-6-11-10(5-1)15-9-14(16-11)19-13-8-4-3-7-12(13)17-18-19/h1-9H. The zero-order valence-corrected chi connectivity index (χ0v) is 9.93. The number of para-hydroxylation sites is 3. The summed E-state index contributed by atoms with van der Waals surface area (Å²) in [5.74, 6) is 0.674. The predicted molar refractivity (Wildman–Crippen MR) is 72.0 cm³/mol. The van der Waals surface area contributed by atoms with Gasteiger partial charge in [-0.1, -0.05) is 29.5 Å². The van der Waals surface area contributed by atoms with Crippen molar-refractivity contribution in [2.75, 3.05) is 0 Å². The quantitative estimate of drug-likeness (QED) is 0.518. The molecular formula is C14H9N5. The maximum Gasteiger partial charge on any atom is 0.174 e. The average molecular weight is 247 g/mol. The highest BCUT2D eigenvalue weighted by molar-refractivity contribution is 5.77. The molecule has 90 valence electrons. The summed E-state index contributed by atoms with van der Waals surface area (Å²) in [5.41, 5.74) is 3.49. The van der Waals surface area contributed by atoms with Crippen LogP contribution in [-0.2, 0) is 0 Å². The number of aromatic nitrogens is 5. The summed E-state index contributed by atoms with van der Waals surface area (Å²) < 4.78 is 1.70. The van der Waals surface area contributed by atoms with E-state index in [4.69, 9.17) is 0 Å². The fourth-order valence-corrected chi connectivity index (χ4v) is 2.09. The fraction of sp³-hybridized carbons (Fsp3) is 0. The van der Waals surface area contributed by atoms with Crippen LogP contribution >= 0.6 is 0 Å². The van der Waals surface area contributed by atoms with Crippen molar-refractivity contribution in [1.29, 1.82) is 0 Å². The van der Waals surface area contributed by atoms with E-state index in [1.54, 1.807) is 10.9 Å². The van der Waals surface area contributed by atoms with Gasteiger partial charge in [0.1, 0.15) is 5.52 Å². The van der Waals surface area contributed by atoms with Crippen LogP contribution in [-0.4, -0.2) is 25.0 Å². The van der Waals surface area contributed by atoms with Crippen molar-refractivity contribution in [2.24, 2.45) is 0 Å². The molecule has 0 saturated heterocycles. The van der Waals surface area contributed by atoms with Gasteiger partial charge in [0.05, 0.1) is 22.7 Å². The minimum Gasteiger partial charge on any atom is -0.251 e. The normalized spacial score (nSPS) is 11.2. The van der Waals surface area contributed by atoms with Crippen LogP contribution in [0.15, 0.2) is 54.7 Å². The first kappa shape index (κ1) is 10.1. The lowest BCUT2D eigenvalue weighted by Crippen LogP contribution is -2.00. The SMILES string of the molecule is c1ccc2nc(-n3nnc4ccccc43)cnc2c1. The van der Waals surface area contributed by atoms with E-state index in [-0.39, 0.29) is 0 Å². The third-order valence-electron chi connectivity index (χ3n) is 3.00. The number of hydrogen-bond donors (Lipinski definition) is 0. The average Bonchev–Trinajstić information content (AvgIpc) is 2.91. The molecule has 0 fully saturated rings. The van der Waals surface area contributed by atoms with Crippen molar-refractivity contribution < 1.29 is 0 Å². The Hall–Kier alpha value is -2.82. The second kappa shape index (κ2) is 3.84. The molecule has 5 nitrogen and oxygen atoms in total. The molecule has 2 heterocycles. The fourth-order valence-electron chi connectivity index (χ4n) is 2.09. The Balaban J connectivity index is 1.99. The van der Waals surface area contributed by atoms with Gasteiger partial charge in [0.25, 0.3) is 0 Å². The monoisotopic (exact) mass is 247 g/mol. The Labute approximate surface area is 108 Å². The lowest BCUT2D eigenvalue weighted by molar-refractivity contribution is 0.801. The number of rotatable bonds is 1. The molecule has 5 heteroatoms. The Morgan fingerprint density at radius 1 is 0.789 bits per heavy atom. The molecule has 0 amide bonds. The van der Waals surface area contributed by atoms with E-state index in [9.17, 15) is 0 Å². The minimum atomic E-state index is 0.674. The summed E-state index contributed by atoms with van der Waals surface area (Å²) in [4.78, 5) is 8.96. The molecule has 0 radical (unpaired) electrons. The first-order valence-corrected chi connectivity index (χ1v) is 5.94. The van der Waals surface area contributed by atoms with Gasteiger partial charge in [0, 0.05) is 0 Å². The van der Waals surface area contributed by atoms with E-state index in [2.05, 4.69) is 20.3 Å². The second-order valence-corrected chi connectivity index (χ2v) is 4.21. The molecule has 0 aliphatic carbocycles. The molecular weight excluding hydrogens is 238 g/mol. The molecule has 0 bridgehead atoms. The van der Waals surface area contributed by atoms with Gasteiger partial charge in [0.15, 0.2) is 5.82 Å². The summed E-state index contributed by atoms with van der Waals surface area (Å²) in [5, 5.41) is 8.26. The van der Waals surface area contributed by atoms with Crippen LogP contribution < -0.4 is 0 Å². The third-order valence-corrected chi connectivity index (χ3v) is 3.00. The van der Waals surface area contributed by atoms with Crippen molar-refractivity contribution in [3.05, 3.63) is 54.7 Å². The molecule has 4 aromatic rings. The highest BCUT2D eigenvalue weighted by Gasteiger charge is 2.07. The molecule has 0 aliphatic heterocycles. The van der Waals surface area contributed by atoms with Gasteiger partial charge in [-0.05, 0) is 24.3 Å². The van der Waals surface area contributed by atoms with E-state index >= 15 is 0 Å². The minimum absolute atomic E-state index is 0.674. The summed E-state index contributed by atoms with van der Waals surface area (Å²) in [7, 11) is 0. The highest BCUT2D eigenvalue weighted by Crippen LogP contribution is 2.16. The molecule has 4 rings (SSSR count). The highest BCUT2D eigenvalue weighted by atomic mass is 15.4. The van der Waals surface area contributed by atoms with Crippen LogP contribution in [0.3, 0.4) is 0 Å². The maximum absolute atomic E-state index is 4.57. The summed E-state index contributed by atoms with van der Waals surface area (Å²) in [6.07, 6.45) is 1.71. The molecule has 0 atom stereocenters. The third kappa shape index (κ3) is 1.55. The van der Waals surface area contributed by atoms with E-state index < -0.39 is 0 Å². The smallest absolute Gasteiger partial charge is 0.174 e. The molecule has 0 spiro atoms. The van der Waals surface area contributed by atoms with Crippen molar-refractivity contribution in [3.8, 4) is 5.82 Å². The van der Waals surface area contributed by atoms with Gasteiger partial charge in [-0.2, -0.15) is 4.68 Å². The Morgan fingerprint density at radius 3 is 2.42 bits per heavy atom. The summed E-state index contributed by atoms with van der Waals surface area (Å²) >= 11 is 0. The summed E-state index contributed by atoms with van der Waals surface area (Å²) in [6, 6.07) is 15.5. The van der Waals surface area contributed by atoms with Gasteiger partial charge >= 0.3 is 0 Å². The zero-order chi connectivity index (χ0) is 12.7. The molecule has 2 aromatic carbocycles. The Kier molecular flexibility index (Phi) is 2.05. The van der Waals surface area contributed by atoms with Crippen molar-refractivity contribution >= 4 is 22.1 Å². The lowest BCUT2D eigenvalue weighted by Gasteiger charge is -2.02. The van der Waals surface area contributed by atoms with Crippen LogP contribution in [0.1, 0.15) is 0 Å². The van der Waals surface area contributed by atoms with Crippen LogP contribution in [0.25, 0.3) is 27.9 Å². The van der Waals surface area contributed by atoms with E-state index in [0.29, 0.717) is 5.82 Å². The number of benzene rings is 2. The number of nitrogens with zero attached hydrogens (tertiary/aromatic N) is 5. The van der Waals surface area contributed by atoms with Gasteiger partial charge < -0.3 is 0 Å². The van der Waals surface area contributed by atoms with Gasteiger partial charge in [0.2, 0.25) is 0 Å². The largest absolute Gasteiger partial charge is 0.251 e. The van der Waals surface area contributed by atoms with Crippen LogP contribution in [0, 0.1) is 0 Å². The van der Waals surface area contributed by atoms with E-state index in [0.717, 1.165) is 22.1 Å². The van der Waals surface area contributed by atoms with Gasteiger partial charge in [-0.25, -0.2) is 4.98 Å². The predicted octanol–water partition coefficient (Wildman–Crippen LogP) is 2.36. The maximum atomic E-state index is 4.57. The molecule has 19 heavy (non-hydrogen) atoms. The van der Waals surface area contributed by atoms with Crippen molar-refractivity contribution in [1.82, 2.24) is 25.0 Å². The van der Waals surface area contributed by atoms with Crippen molar-refractivity contribution in [3.63, 3.8) is 0 Å². The molecule has 0 unspecified atom stereocenters. The molecule has 0 N–H and O–H groups in total. The van der Waals surface area contributed by atoms with E-state index in [1.807, 2.05) is 48.5 Å². The lowest BCUT2D eigenvalue weighted by atomic mass is 10.3. The van der Waals surface area contributed by atoms with Crippen molar-refractivity contribution in [2.45, 2.75) is 0 Å². The second-order valence-electron chi connectivity index (χ2n) is 4.21. The summed E-state index contributed by atoms with van der Waals surface area (Å²) in [6.45, 7) is 0. The van der Waals surface area contributed by atoms with Crippen LogP contribution in [0.2, 0.25) is 0 Å². The number of fused-ring (bicyclic) bond motifs is 2. The molecule has 0 aliphatic rings. The van der Waals surface area contributed by atoms with E-state index in [1.165, 1.54) is 0 Å². The van der Waals surface area contributed by atoms with Crippen LogP contribution in [0.4, 0.5) is 0 Å². The first-order chi connectivity index (χ1) is 9.42. The topological polar surface area (TPSA) is 56.5 Å². The zero-order valence-electron chi connectivity index (χ0n) is 9.93. The molecule has 2 aromatic heterocycles. The van der Waals surface area contributed by atoms with Gasteiger partial charge in [-0.3, -0.25) is 4.98 Å². The molecule has 0 saturated carbocycles. The Bertz CT molecular complexity index is 881. The Morgan fingerprint density at radius 2 is 1.53 bits per heavy atom.